The van der Waals surface area contributed by atoms with Crippen molar-refractivity contribution in [2.75, 3.05) is 0 Å². The Morgan fingerprint density at radius 1 is 1.37 bits per heavy atom. The SMILES string of the molecule is CCCC(C)NC(=O)C(C)NCc1sccc1CC. The molecule has 0 aliphatic heterocycles. The Hall–Kier alpha value is -0.870. The van der Waals surface area contributed by atoms with Crippen molar-refractivity contribution in [1.82, 2.24) is 10.6 Å². The molecule has 2 atom stereocenters. The first-order valence-electron chi connectivity index (χ1n) is 7.17. The second kappa shape index (κ2) is 8.33. The van der Waals surface area contributed by atoms with Gasteiger partial charge in [-0.05, 0) is 43.7 Å². The van der Waals surface area contributed by atoms with Gasteiger partial charge in [-0.25, -0.2) is 0 Å². The molecule has 1 heterocycles. The quantitative estimate of drug-likeness (QED) is 0.769. The highest BCUT2D eigenvalue weighted by molar-refractivity contribution is 7.10. The molecule has 1 rings (SSSR count). The number of nitrogens with one attached hydrogen (secondary N) is 2. The van der Waals surface area contributed by atoms with Gasteiger partial charge in [0.25, 0.3) is 0 Å². The molecular weight excluding hydrogens is 256 g/mol. The number of rotatable bonds is 8. The molecule has 19 heavy (non-hydrogen) atoms. The van der Waals surface area contributed by atoms with Gasteiger partial charge in [-0.3, -0.25) is 4.79 Å². The van der Waals surface area contributed by atoms with Gasteiger partial charge in [0.2, 0.25) is 5.91 Å². The first kappa shape index (κ1) is 16.2. The minimum absolute atomic E-state index is 0.0931. The van der Waals surface area contributed by atoms with Crippen LogP contribution in [-0.4, -0.2) is 18.0 Å². The summed E-state index contributed by atoms with van der Waals surface area (Å²) in [4.78, 5) is 13.3. The van der Waals surface area contributed by atoms with Crippen LogP contribution in [0.4, 0.5) is 0 Å². The van der Waals surface area contributed by atoms with Crippen LogP contribution in [0.3, 0.4) is 0 Å². The van der Waals surface area contributed by atoms with Crippen molar-refractivity contribution in [1.29, 1.82) is 0 Å². The first-order chi connectivity index (χ1) is 9.08. The van der Waals surface area contributed by atoms with Gasteiger partial charge in [0.15, 0.2) is 0 Å². The maximum Gasteiger partial charge on any atom is 0.237 e. The Balaban J connectivity index is 2.38. The maximum absolute atomic E-state index is 12.0. The molecule has 0 aliphatic rings. The van der Waals surface area contributed by atoms with Gasteiger partial charge in [-0.2, -0.15) is 0 Å². The molecule has 0 aliphatic carbocycles. The highest BCUT2D eigenvalue weighted by atomic mass is 32.1. The molecular formula is C15H26N2OS. The van der Waals surface area contributed by atoms with Crippen LogP contribution < -0.4 is 10.6 Å². The third kappa shape index (κ3) is 5.33. The molecule has 0 bridgehead atoms. The molecule has 1 aromatic rings. The molecule has 0 spiro atoms. The van der Waals surface area contributed by atoms with E-state index in [2.05, 4.69) is 42.9 Å². The van der Waals surface area contributed by atoms with Crippen LogP contribution >= 0.6 is 11.3 Å². The molecule has 1 aromatic heterocycles. The fourth-order valence-electron chi connectivity index (χ4n) is 2.05. The minimum Gasteiger partial charge on any atom is -0.352 e. The summed E-state index contributed by atoms with van der Waals surface area (Å²) < 4.78 is 0. The zero-order valence-corrected chi connectivity index (χ0v) is 13.3. The summed E-state index contributed by atoms with van der Waals surface area (Å²) in [5, 5.41) is 8.46. The number of thiophene rings is 1. The van der Waals surface area contributed by atoms with Crippen molar-refractivity contribution in [2.24, 2.45) is 0 Å². The minimum atomic E-state index is -0.147. The predicted molar refractivity (Wildman–Crippen MR) is 82.5 cm³/mol. The number of aryl methyl sites for hydroxylation is 1. The lowest BCUT2D eigenvalue weighted by Gasteiger charge is -2.18. The van der Waals surface area contributed by atoms with Crippen molar-refractivity contribution < 1.29 is 4.79 Å². The molecule has 4 heteroatoms. The van der Waals surface area contributed by atoms with Gasteiger partial charge in [-0.1, -0.05) is 20.3 Å². The van der Waals surface area contributed by atoms with E-state index in [0.29, 0.717) is 0 Å². The van der Waals surface area contributed by atoms with E-state index in [0.717, 1.165) is 25.8 Å². The van der Waals surface area contributed by atoms with Gasteiger partial charge in [0.05, 0.1) is 6.04 Å². The monoisotopic (exact) mass is 282 g/mol. The largest absolute Gasteiger partial charge is 0.352 e. The molecule has 0 radical (unpaired) electrons. The lowest BCUT2D eigenvalue weighted by molar-refractivity contribution is -0.123. The third-order valence-corrected chi connectivity index (χ3v) is 4.25. The summed E-state index contributed by atoms with van der Waals surface area (Å²) in [6.07, 6.45) is 3.18. The Bertz CT molecular complexity index is 389. The standard InChI is InChI=1S/C15H26N2OS/c1-5-7-11(3)17-15(18)12(4)16-10-14-13(6-2)8-9-19-14/h8-9,11-12,16H,5-7,10H2,1-4H3,(H,17,18). The highest BCUT2D eigenvalue weighted by Crippen LogP contribution is 2.17. The van der Waals surface area contributed by atoms with Gasteiger partial charge >= 0.3 is 0 Å². The Morgan fingerprint density at radius 2 is 2.11 bits per heavy atom. The molecule has 2 unspecified atom stereocenters. The van der Waals surface area contributed by atoms with Gasteiger partial charge < -0.3 is 10.6 Å². The van der Waals surface area contributed by atoms with E-state index in [1.165, 1.54) is 10.4 Å². The molecule has 0 saturated carbocycles. The summed E-state index contributed by atoms with van der Waals surface area (Å²) in [6, 6.07) is 2.27. The first-order valence-corrected chi connectivity index (χ1v) is 8.05. The summed E-state index contributed by atoms with van der Waals surface area (Å²) in [6.45, 7) is 9.05. The molecule has 0 aromatic carbocycles. The van der Waals surface area contributed by atoms with Crippen molar-refractivity contribution in [2.45, 2.75) is 65.6 Å². The predicted octanol–water partition coefficient (Wildman–Crippen LogP) is 3.09. The molecule has 0 fully saturated rings. The summed E-state index contributed by atoms with van der Waals surface area (Å²) in [5.74, 6) is 0.0931. The Kier molecular flexibility index (Phi) is 7.10. The number of amides is 1. The maximum atomic E-state index is 12.0. The second-order valence-corrected chi connectivity index (χ2v) is 6.02. The highest BCUT2D eigenvalue weighted by Gasteiger charge is 2.15. The van der Waals surface area contributed by atoms with E-state index in [-0.39, 0.29) is 18.0 Å². The molecule has 3 nitrogen and oxygen atoms in total. The van der Waals surface area contributed by atoms with Crippen LogP contribution in [0, 0.1) is 0 Å². The van der Waals surface area contributed by atoms with Crippen molar-refractivity contribution in [3.63, 3.8) is 0 Å². The third-order valence-electron chi connectivity index (χ3n) is 3.29. The summed E-state index contributed by atoms with van der Waals surface area (Å²) in [5.41, 5.74) is 1.38. The average Bonchev–Trinajstić information content (AvgIpc) is 2.83. The van der Waals surface area contributed by atoms with Crippen LogP contribution in [0.2, 0.25) is 0 Å². The summed E-state index contributed by atoms with van der Waals surface area (Å²) >= 11 is 1.76. The second-order valence-electron chi connectivity index (χ2n) is 5.02. The molecule has 108 valence electrons. The normalized spacial score (nSPS) is 14.1. The molecule has 2 N–H and O–H groups in total. The molecule has 0 saturated heterocycles. The van der Waals surface area contributed by atoms with E-state index < -0.39 is 0 Å². The number of hydrogen-bond donors (Lipinski definition) is 2. The van der Waals surface area contributed by atoms with Crippen LogP contribution in [0.5, 0.6) is 0 Å². The average molecular weight is 282 g/mol. The zero-order valence-electron chi connectivity index (χ0n) is 12.5. The van der Waals surface area contributed by atoms with Crippen molar-refractivity contribution in [3.8, 4) is 0 Å². The van der Waals surface area contributed by atoms with Crippen LogP contribution in [-0.2, 0) is 17.8 Å². The Labute approximate surface area is 120 Å². The van der Waals surface area contributed by atoms with E-state index in [9.17, 15) is 4.79 Å². The molecule has 1 amide bonds. The van der Waals surface area contributed by atoms with Gasteiger partial charge in [-0.15, -0.1) is 11.3 Å². The van der Waals surface area contributed by atoms with Crippen LogP contribution in [0.15, 0.2) is 11.4 Å². The Morgan fingerprint density at radius 3 is 2.74 bits per heavy atom. The topological polar surface area (TPSA) is 41.1 Å². The number of hydrogen-bond acceptors (Lipinski definition) is 3. The van der Waals surface area contributed by atoms with Gasteiger partial charge in [0, 0.05) is 17.5 Å². The van der Waals surface area contributed by atoms with Gasteiger partial charge in [0.1, 0.15) is 0 Å². The van der Waals surface area contributed by atoms with Crippen LogP contribution in [0.1, 0.15) is 51.0 Å². The van der Waals surface area contributed by atoms with Crippen LogP contribution in [0.25, 0.3) is 0 Å². The lowest BCUT2D eigenvalue weighted by atomic mass is 10.1. The number of carbonyl (C=O) groups is 1. The van der Waals surface area contributed by atoms with E-state index in [4.69, 9.17) is 0 Å². The summed E-state index contributed by atoms with van der Waals surface area (Å²) in [7, 11) is 0. The van der Waals surface area contributed by atoms with Crippen molar-refractivity contribution >= 4 is 17.2 Å². The van der Waals surface area contributed by atoms with Crippen molar-refractivity contribution in [3.05, 3.63) is 21.9 Å². The van der Waals surface area contributed by atoms with E-state index in [1.54, 1.807) is 11.3 Å². The smallest absolute Gasteiger partial charge is 0.237 e. The fraction of sp³-hybridized carbons (Fsp3) is 0.667. The fourth-order valence-corrected chi connectivity index (χ4v) is 2.98. The lowest BCUT2D eigenvalue weighted by Crippen LogP contribution is -2.45. The zero-order chi connectivity index (χ0) is 14.3. The van der Waals surface area contributed by atoms with E-state index in [1.807, 2.05) is 6.92 Å². The van der Waals surface area contributed by atoms with E-state index >= 15 is 0 Å². The number of carbonyl (C=O) groups excluding carboxylic acids is 1.